The van der Waals surface area contributed by atoms with Crippen LogP contribution in [0.5, 0.6) is 11.5 Å². The van der Waals surface area contributed by atoms with Gasteiger partial charge < -0.3 is 14.8 Å². The van der Waals surface area contributed by atoms with E-state index in [9.17, 15) is 18.0 Å². The standard InChI is InChI=1S/C17H16F3N3O3/c1-25-12-6-3-9(7-13(12)26-2)14-11(15(24)22-10-4-5-10)8-21-16(23-14)17(18,19)20/h3,6-8,10H,4-5H2,1-2H3,(H,22,24). The van der Waals surface area contributed by atoms with Crippen LogP contribution in [0.4, 0.5) is 13.2 Å². The quantitative estimate of drug-likeness (QED) is 0.879. The van der Waals surface area contributed by atoms with E-state index in [1.165, 1.54) is 32.4 Å². The Balaban J connectivity index is 2.10. The van der Waals surface area contributed by atoms with Crippen molar-refractivity contribution in [1.82, 2.24) is 15.3 Å². The molecule has 1 aliphatic carbocycles. The SMILES string of the molecule is COc1ccc(-c2nc(C(F)(F)F)ncc2C(=O)NC2CC2)cc1OC. The summed E-state index contributed by atoms with van der Waals surface area (Å²) in [4.78, 5) is 19.3. The van der Waals surface area contributed by atoms with E-state index in [-0.39, 0.29) is 22.9 Å². The van der Waals surface area contributed by atoms with Gasteiger partial charge in [-0.2, -0.15) is 13.2 Å². The number of rotatable bonds is 5. The number of aromatic nitrogens is 2. The van der Waals surface area contributed by atoms with Gasteiger partial charge >= 0.3 is 6.18 Å². The molecule has 1 heterocycles. The molecule has 26 heavy (non-hydrogen) atoms. The predicted molar refractivity (Wildman–Crippen MR) is 86.1 cm³/mol. The highest BCUT2D eigenvalue weighted by molar-refractivity contribution is 6.00. The Morgan fingerprint density at radius 3 is 2.46 bits per heavy atom. The van der Waals surface area contributed by atoms with Crippen LogP contribution in [0.15, 0.2) is 24.4 Å². The minimum absolute atomic E-state index is 0.0304. The van der Waals surface area contributed by atoms with E-state index in [0.717, 1.165) is 19.0 Å². The Labute approximate surface area is 147 Å². The van der Waals surface area contributed by atoms with Crippen molar-refractivity contribution < 1.29 is 27.4 Å². The number of hydrogen-bond donors (Lipinski definition) is 1. The molecule has 0 spiro atoms. The van der Waals surface area contributed by atoms with Crippen LogP contribution in [0.3, 0.4) is 0 Å². The maximum atomic E-state index is 13.0. The average molecular weight is 367 g/mol. The first-order valence-corrected chi connectivity index (χ1v) is 7.81. The Bertz CT molecular complexity index is 836. The Morgan fingerprint density at radius 2 is 1.88 bits per heavy atom. The lowest BCUT2D eigenvalue weighted by Crippen LogP contribution is -2.27. The summed E-state index contributed by atoms with van der Waals surface area (Å²) in [5, 5.41) is 2.73. The van der Waals surface area contributed by atoms with E-state index in [1.54, 1.807) is 0 Å². The van der Waals surface area contributed by atoms with Crippen LogP contribution in [0.1, 0.15) is 29.0 Å². The van der Waals surface area contributed by atoms with E-state index in [0.29, 0.717) is 11.5 Å². The molecule has 1 aromatic heterocycles. The number of amides is 1. The van der Waals surface area contributed by atoms with Gasteiger partial charge in [0.2, 0.25) is 5.82 Å². The van der Waals surface area contributed by atoms with Crippen LogP contribution in [-0.2, 0) is 6.18 Å². The van der Waals surface area contributed by atoms with Crippen molar-refractivity contribution >= 4 is 5.91 Å². The second-order valence-electron chi connectivity index (χ2n) is 5.77. The lowest BCUT2D eigenvalue weighted by atomic mass is 10.1. The smallest absolute Gasteiger partial charge is 0.451 e. The summed E-state index contributed by atoms with van der Waals surface area (Å²) < 4.78 is 49.4. The molecular formula is C17H16F3N3O3. The highest BCUT2D eigenvalue weighted by Crippen LogP contribution is 2.34. The third kappa shape index (κ3) is 3.71. The minimum atomic E-state index is -4.73. The van der Waals surface area contributed by atoms with Crippen LogP contribution in [-0.4, -0.2) is 36.1 Å². The molecule has 0 bridgehead atoms. The molecule has 0 atom stereocenters. The number of nitrogens with one attached hydrogen (secondary N) is 1. The fourth-order valence-corrected chi connectivity index (χ4v) is 2.38. The molecule has 9 heteroatoms. The zero-order chi connectivity index (χ0) is 18.9. The van der Waals surface area contributed by atoms with Gasteiger partial charge in [-0.05, 0) is 31.0 Å². The monoisotopic (exact) mass is 367 g/mol. The number of methoxy groups -OCH3 is 2. The van der Waals surface area contributed by atoms with Gasteiger partial charge in [-0.3, -0.25) is 4.79 Å². The first-order chi connectivity index (χ1) is 12.3. The van der Waals surface area contributed by atoms with Gasteiger partial charge in [0, 0.05) is 17.8 Å². The summed E-state index contributed by atoms with van der Waals surface area (Å²) >= 11 is 0. The van der Waals surface area contributed by atoms with E-state index in [4.69, 9.17) is 9.47 Å². The number of carbonyl (C=O) groups excluding carboxylic acids is 1. The lowest BCUT2D eigenvalue weighted by Gasteiger charge is -2.14. The van der Waals surface area contributed by atoms with Crippen molar-refractivity contribution in [3.8, 4) is 22.8 Å². The molecule has 138 valence electrons. The minimum Gasteiger partial charge on any atom is -0.493 e. The Morgan fingerprint density at radius 1 is 1.19 bits per heavy atom. The van der Waals surface area contributed by atoms with Crippen LogP contribution in [0.25, 0.3) is 11.3 Å². The van der Waals surface area contributed by atoms with Gasteiger partial charge in [0.15, 0.2) is 11.5 Å². The number of halogens is 3. The van der Waals surface area contributed by atoms with Crippen LogP contribution in [0.2, 0.25) is 0 Å². The zero-order valence-electron chi connectivity index (χ0n) is 14.1. The average Bonchev–Trinajstić information content (AvgIpc) is 3.43. The molecule has 3 rings (SSSR count). The third-order valence-electron chi connectivity index (χ3n) is 3.86. The highest BCUT2D eigenvalue weighted by atomic mass is 19.4. The summed E-state index contributed by atoms with van der Waals surface area (Å²) in [6.07, 6.45) is -2.13. The summed E-state index contributed by atoms with van der Waals surface area (Å²) in [6.45, 7) is 0. The van der Waals surface area contributed by atoms with Crippen LogP contribution >= 0.6 is 0 Å². The van der Waals surface area contributed by atoms with E-state index in [2.05, 4.69) is 15.3 Å². The maximum absolute atomic E-state index is 13.0. The largest absolute Gasteiger partial charge is 0.493 e. The number of ether oxygens (including phenoxy) is 2. The second kappa shape index (κ2) is 6.81. The number of carbonyl (C=O) groups is 1. The van der Waals surface area contributed by atoms with Gasteiger partial charge in [0.25, 0.3) is 5.91 Å². The predicted octanol–water partition coefficient (Wildman–Crippen LogP) is 3.07. The van der Waals surface area contributed by atoms with E-state index < -0.39 is 17.9 Å². The molecular weight excluding hydrogens is 351 g/mol. The number of alkyl halides is 3. The molecule has 1 aliphatic rings. The number of hydrogen-bond acceptors (Lipinski definition) is 5. The molecule has 0 saturated heterocycles. The first-order valence-electron chi connectivity index (χ1n) is 7.81. The van der Waals surface area contributed by atoms with Crippen molar-refractivity contribution in [2.24, 2.45) is 0 Å². The second-order valence-corrected chi connectivity index (χ2v) is 5.77. The van der Waals surface area contributed by atoms with Gasteiger partial charge in [-0.1, -0.05) is 0 Å². The summed E-state index contributed by atoms with van der Waals surface area (Å²) in [7, 11) is 2.85. The van der Waals surface area contributed by atoms with Crippen molar-refractivity contribution in [1.29, 1.82) is 0 Å². The molecule has 2 aromatic rings. The van der Waals surface area contributed by atoms with Crippen molar-refractivity contribution in [3.05, 3.63) is 35.8 Å². The van der Waals surface area contributed by atoms with Gasteiger partial charge in [-0.15, -0.1) is 0 Å². The van der Waals surface area contributed by atoms with E-state index in [1.807, 2.05) is 0 Å². The summed E-state index contributed by atoms with van der Waals surface area (Å²) in [5.41, 5.74) is 0.139. The van der Waals surface area contributed by atoms with Crippen molar-refractivity contribution in [3.63, 3.8) is 0 Å². The Kier molecular flexibility index (Phi) is 4.71. The first kappa shape index (κ1) is 18.0. The molecule has 1 amide bonds. The lowest BCUT2D eigenvalue weighted by molar-refractivity contribution is -0.144. The van der Waals surface area contributed by atoms with Crippen LogP contribution < -0.4 is 14.8 Å². The summed E-state index contributed by atoms with van der Waals surface area (Å²) in [5.74, 6) is -1.10. The number of nitrogens with zero attached hydrogens (tertiary/aromatic N) is 2. The van der Waals surface area contributed by atoms with Crippen LogP contribution in [0, 0.1) is 0 Å². The molecule has 1 saturated carbocycles. The van der Waals surface area contributed by atoms with Crippen molar-refractivity contribution in [2.75, 3.05) is 14.2 Å². The van der Waals surface area contributed by atoms with Gasteiger partial charge in [0.05, 0.1) is 25.5 Å². The molecule has 0 unspecified atom stereocenters. The number of benzene rings is 1. The topological polar surface area (TPSA) is 73.3 Å². The maximum Gasteiger partial charge on any atom is 0.451 e. The molecule has 6 nitrogen and oxygen atoms in total. The fourth-order valence-electron chi connectivity index (χ4n) is 2.38. The van der Waals surface area contributed by atoms with Gasteiger partial charge in [0.1, 0.15) is 0 Å². The van der Waals surface area contributed by atoms with Crippen molar-refractivity contribution in [2.45, 2.75) is 25.1 Å². The molecule has 0 radical (unpaired) electrons. The zero-order valence-corrected chi connectivity index (χ0v) is 14.1. The van der Waals surface area contributed by atoms with E-state index >= 15 is 0 Å². The fraction of sp³-hybridized carbons (Fsp3) is 0.353. The molecule has 0 aliphatic heterocycles. The summed E-state index contributed by atoms with van der Waals surface area (Å²) in [6, 6.07) is 4.56. The molecule has 1 aromatic carbocycles. The van der Waals surface area contributed by atoms with Gasteiger partial charge in [-0.25, -0.2) is 9.97 Å². The highest BCUT2D eigenvalue weighted by Gasteiger charge is 2.36. The molecule has 1 N–H and O–H groups in total. The third-order valence-corrected chi connectivity index (χ3v) is 3.86. The molecule has 1 fully saturated rings. The normalized spacial score (nSPS) is 14.0. The Hall–Kier alpha value is -2.84.